The van der Waals surface area contributed by atoms with Crippen LogP contribution in [-0.2, 0) is 26.2 Å². The Bertz CT molecular complexity index is 1130. The predicted molar refractivity (Wildman–Crippen MR) is 148 cm³/mol. The van der Waals surface area contributed by atoms with E-state index in [-0.39, 0.29) is 24.8 Å². The minimum Gasteiger partial charge on any atom is -0.497 e. The number of carbonyl (C=O) groups is 2. The van der Waals surface area contributed by atoms with Crippen molar-refractivity contribution in [3.05, 3.63) is 59.7 Å². The highest BCUT2D eigenvalue weighted by Gasteiger charge is 2.29. The zero-order valence-electron chi connectivity index (χ0n) is 22.9. The molecule has 0 fully saturated rings. The number of carbonyl (C=O) groups excluding carboxylic acids is 2. The summed E-state index contributed by atoms with van der Waals surface area (Å²) in [6, 6.07) is 13.9. The molecule has 0 heterocycles. The summed E-state index contributed by atoms with van der Waals surface area (Å²) in [6.45, 7) is 8.91. The van der Waals surface area contributed by atoms with Crippen LogP contribution in [0, 0.1) is 12.8 Å². The maximum absolute atomic E-state index is 13.5. The van der Waals surface area contributed by atoms with E-state index in [1.807, 2.05) is 52.0 Å². The molecule has 0 unspecified atom stereocenters. The normalized spacial score (nSPS) is 12.2. The smallest absolute Gasteiger partial charge is 0.242 e. The van der Waals surface area contributed by atoms with Crippen LogP contribution in [0.3, 0.4) is 0 Å². The number of nitrogens with zero attached hydrogens (tertiary/aromatic N) is 2. The molecule has 1 atom stereocenters. The van der Waals surface area contributed by atoms with Crippen LogP contribution in [-0.4, -0.2) is 57.6 Å². The molecule has 2 aromatic carbocycles. The Balaban J connectivity index is 2.21. The van der Waals surface area contributed by atoms with E-state index in [2.05, 4.69) is 5.32 Å². The third-order valence-electron chi connectivity index (χ3n) is 6.18. The molecule has 37 heavy (non-hydrogen) atoms. The van der Waals surface area contributed by atoms with Crippen molar-refractivity contribution in [2.75, 3.05) is 30.8 Å². The molecule has 1 N–H and O–H groups in total. The summed E-state index contributed by atoms with van der Waals surface area (Å²) in [4.78, 5) is 28.2. The third kappa shape index (κ3) is 9.07. The van der Waals surface area contributed by atoms with Crippen molar-refractivity contribution in [1.29, 1.82) is 0 Å². The van der Waals surface area contributed by atoms with Gasteiger partial charge in [-0.25, -0.2) is 8.42 Å². The van der Waals surface area contributed by atoms with Crippen molar-refractivity contribution in [3.63, 3.8) is 0 Å². The Morgan fingerprint density at radius 3 is 2.24 bits per heavy atom. The van der Waals surface area contributed by atoms with Gasteiger partial charge in [-0.05, 0) is 61.1 Å². The molecule has 2 rings (SSSR count). The van der Waals surface area contributed by atoms with Crippen molar-refractivity contribution in [3.8, 4) is 5.75 Å². The molecule has 0 radical (unpaired) electrons. The highest BCUT2D eigenvalue weighted by molar-refractivity contribution is 7.92. The fraction of sp³-hybridized carbons (Fsp3) is 0.500. The van der Waals surface area contributed by atoms with Crippen molar-refractivity contribution in [2.45, 2.75) is 59.5 Å². The van der Waals surface area contributed by atoms with Gasteiger partial charge in [0.05, 0.1) is 19.1 Å². The van der Waals surface area contributed by atoms with E-state index in [0.29, 0.717) is 43.3 Å². The lowest BCUT2D eigenvalue weighted by molar-refractivity contribution is -0.141. The van der Waals surface area contributed by atoms with Crippen LogP contribution in [0.25, 0.3) is 0 Å². The summed E-state index contributed by atoms with van der Waals surface area (Å²) < 4.78 is 31.4. The Morgan fingerprint density at radius 1 is 1.05 bits per heavy atom. The first kappa shape index (κ1) is 30.2. The fourth-order valence-electron chi connectivity index (χ4n) is 4.07. The van der Waals surface area contributed by atoms with Crippen LogP contribution in [0.2, 0.25) is 0 Å². The van der Waals surface area contributed by atoms with Crippen LogP contribution in [0.5, 0.6) is 5.75 Å². The van der Waals surface area contributed by atoms with Gasteiger partial charge < -0.3 is 15.0 Å². The van der Waals surface area contributed by atoms with Gasteiger partial charge in [0.25, 0.3) is 0 Å². The molecule has 8 nitrogen and oxygen atoms in total. The lowest BCUT2D eigenvalue weighted by Gasteiger charge is -2.31. The Kier molecular flexibility index (Phi) is 11.4. The average Bonchev–Trinajstić information content (AvgIpc) is 2.85. The van der Waals surface area contributed by atoms with Gasteiger partial charge in [-0.1, -0.05) is 45.0 Å². The maximum Gasteiger partial charge on any atom is 0.242 e. The minimum absolute atomic E-state index is 0.113. The highest BCUT2D eigenvalue weighted by atomic mass is 32.2. The number of sulfonamides is 1. The van der Waals surface area contributed by atoms with E-state index in [4.69, 9.17) is 4.74 Å². The molecular formula is C28H41N3O5S. The summed E-state index contributed by atoms with van der Waals surface area (Å²) in [5, 5.41) is 2.96. The van der Waals surface area contributed by atoms with Crippen LogP contribution < -0.4 is 14.4 Å². The predicted octanol–water partition coefficient (Wildman–Crippen LogP) is 4.13. The largest absolute Gasteiger partial charge is 0.497 e. The number of ether oxygens (including phenoxy) is 1. The Hall–Kier alpha value is -3.07. The fourth-order valence-corrected chi connectivity index (χ4v) is 5.03. The van der Waals surface area contributed by atoms with E-state index in [0.717, 1.165) is 17.4 Å². The molecule has 2 aromatic rings. The SMILES string of the molecule is CC[C@H](C(=O)NCC(C)C)N(Cc1ccccc1C)C(=O)CCCN(c1ccc(OC)cc1)S(C)(=O)=O. The van der Waals surface area contributed by atoms with E-state index in [1.54, 1.807) is 36.3 Å². The number of methoxy groups -OCH3 is 1. The number of rotatable bonds is 14. The van der Waals surface area contributed by atoms with Crippen molar-refractivity contribution >= 4 is 27.5 Å². The maximum atomic E-state index is 13.5. The average molecular weight is 532 g/mol. The van der Waals surface area contributed by atoms with Crippen molar-refractivity contribution < 1.29 is 22.7 Å². The highest BCUT2D eigenvalue weighted by Crippen LogP contribution is 2.23. The molecule has 204 valence electrons. The number of benzene rings is 2. The minimum atomic E-state index is -3.56. The Morgan fingerprint density at radius 2 is 1.70 bits per heavy atom. The van der Waals surface area contributed by atoms with Crippen LogP contribution in [0.1, 0.15) is 51.2 Å². The lowest BCUT2D eigenvalue weighted by Crippen LogP contribution is -2.49. The van der Waals surface area contributed by atoms with E-state index in [1.165, 1.54) is 4.31 Å². The molecule has 0 aromatic heterocycles. The molecule has 0 spiro atoms. The number of amides is 2. The monoisotopic (exact) mass is 531 g/mol. The van der Waals surface area contributed by atoms with Gasteiger partial charge in [0, 0.05) is 26.1 Å². The second kappa shape index (κ2) is 14.0. The Labute approximate surface area is 222 Å². The number of aryl methyl sites for hydroxylation is 1. The lowest BCUT2D eigenvalue weighted by atomic mass is 10.0. The number of hydrogen-bond acceptors (Lipinski definition) is 5. The molecular weight excluding hydrogens is 490 g/mol. The second-order valence-corrected chi connectivity index (χ2v) is 11.6. The number of hydrogen-bond donors (Lipinski definition) is 1. The molecule has 9 heteroatoms. The standard InChI is InChI=1S/C28H41N3O5S/c1-7-26(28(33)29-19-21(2)3)30(20-23-12-9-8-11-22(23)4)27(32)13-10-18-31(37(6,34)35)24-14-16-25(36-5)17-15-24/h8-9,11-12,14-17,21,26H,7,10,13,18-20H2,1-6H3,(H,29,33)/t26-/m1/s1. The third-order valence-corrected chi connectivity index (χ3v) is 7.38. The summed E-state index contributed by atoms with van der Waals surface area (Å²) in [6.07, 6.45) is 2.05. The van der Waals surface area contributed by atoms with E-state index >= 15 is 0 Å². The first-order valence-corrected chi connectivity index (χ1v) is 14.6. The first-order valence-electron chi connectivity index (χ1n) is 12.7. The second-order valence-electron chi connectivity index (χ2n) is 9.65. The van der Waals surface area contributed by atoms with Gasteiger partial charge in [0.2, 0.25) is 21.8 Å². The molecule has 0 bridgehead atoms. The summed E-state index contributed by atoms with van der Waals surface area (Å²) in [5.41, 5.74) is 2.52. The van der Waals surface area contributed by atoms with Crippen LogP contribution in [0.15, 0.2) is 48.5 Å². The molecule has 0 saturated heterocycles. The number of anilines is 1. The molecule has 0 aliphatic carbocycles. The number of nitrogens with one attached hydrogen (secondary N) is 1. The zero-order chi connectivity index (χ0) is 27.6. The summed E-state index contributed by atoms with van der Waals surface area (Å²) >= 11 is 0. The van der Waals surface area contributed by atoms with Gasteiger partial charge in [-0.3, -0.25) is 13.9 Å². The topological polar surface area (TPSA) is 96.0 Å². The molecule has 0 aliphatic rings. The van der Waals surface area contributed by atoms with Crippen molar-refractivity contribution in [2.24, 2.45) is 5.92 Å². The van der Waals surface area contributed by atoms with Gasteiger partial charge in [0.1, 0.15) is 11.8 Å². The quantitative estimate of drug-likeness (QED) is 0.396. The van der Waals surface area contributed by atoms with Crippen LogP contribution in [0.4, 0.5) is 5.69 Å². The van der Waals surface area contributed by atoms with Crippen molar-refractivity contribution in [1.82, 2.24) is 10.2 Å². The van der Waals surface area contributed by atoms with E-state index < -0.39 is 16.1 Å². The van der Waals surface area contributed by atoms with E-state index in [9.17, 15) is 18.0 Å². The molecule has 2 amide bonds. The molecule has 0 saturated carbocycles. The molecule has 0 aliphatic heterocycles. The summed E-state index contributed by atoms with van der Waals surface area (Å²) in [7, 11) is -2.01. The van der Waals surface area contributed by atoms with Gasteiger partial charge >= 0.3 is 0 Å². The van der Waals surface area contributed by atoms with Crippen LogP contribution >= 0.6 is 0 Å². The summed E-state index contributed by atoms with van der Waals surface area (Å²) in [5.74, 6) is 0.564. The zero-order valence-corrected chi connectivity index (χ0v) is 23.7. The van der Waals surface area contributed by atoms with Gasteiger partial charge in [0.15, 0.2) is 0 Å². The first-order chi connectivity index (χ1) is 17.5. The van der Waals surface area contributed by atoms with Gasteiger partial charge in [-0.15, -0.1) is 0 Å². The van der Waals surface area contributed by atoms with Gasteiger partial charge in [-0.2, -0.15) is 0 Å².